The molecule has 0 saturated carbocycles. The summed E-state index contributed by atoms with van der Waals surface area (Å²) in [7, 11) is 0. The minimum absolute atomic E-state index is 0. The van der Waals surface area contributed by atoms with Crippen molar-refractivity contribution in [3.05, 3.63) is 0 Å². The zero-order chi connectivity index (χ0) is 11.3. The summed E-state index contributed by atoms with van der Waals surface area (Å²) in [5.74, 6) is 1.10. The molecule has 1 heterocycles. The van der Waals surface area contributed by atoms with E-state index in [2.05, 4.69) is 42.9 Å². The first-order valence-electron chi connectivity index (χ1n) is 6.12. The lowest BCUT2D eigenvalue weighted by Crippen LogP contribution is -2.40. The maximum atomic E-state index is 4.61. The number of nitrogens with zero attached hydrogens (tertiary/aromatic N) is 2. The molecule has 1 aliphatic heterocycles. The van der Waals surface area contributed by atoms with Crippen LogP contribution in [0.2, 0.25) is 0 Å². The maximum Gasteiger partial charge on any atom is 0.193 e. The lowest BCUT2D eigenvalue weighted by Gasteiger charge is -2.23. The van der Waals surface area contributed by atoms with Gasteiger partial charge in [-0.25, -0.2) is 0 Å². The molecular weight excluding hydrogens is 313 g/mol. The summed E-state index contributed by atoms with van der Waals surface area (Å²) in [4.78, 5) is 7.00. The SMILES string of the molecule is CCCN=C(NCC)N1CCC(C)(C)C1.I. The molecule has 16 heavy (non-hydrogen) atoms. The molecule has 0 amide bonds. The number of aliphatic imine (C=N–C) groups is 1. The lowest BCUT2D eigenvalue weighted by molar-refractivity contribution is 0.370. The molecule has 0 bridgehead atoms. The van der Waals surface area contributed by atoms with Crippen molar-refractivity contribution in [3.63, 3.8) is 0 Å². The Morgan fingerprint density at radius 3 is 2.50 bits per heavy atom. The molecule has 0 spiro atoms. The quantitative estimate of drug-likeness (QED) is 0.486. The van der Waals surface area contributed by atoms with Crippen LogP contribution in [-0.2, 0) is 0 Å². The normalized spacial score (nSPS) is 19.5. The average molecular weight is 339 g/mol. The van der Waals surface area contributed by atoms with Crippen LogP contribution in [0.1, 0.15) is 40.5 Å². The fraction of sp³-hybridized carbons (Fsp3) is 0.917. The predicted octanol–water partition coefficient (Wildman–Crippen LogP) is 2.71. The zero-order valence-corrected chi connectivity index (χ0v) is 13.4. The molecule has 0 aromatic carbocycles. The van der Waals surface area contributed by atoms with Crippen molar-refractivity contribution in [1.29, 1.82) is 0 Å². The van der Waals surface area contributed by atoms with Crippen LogP contribution in [-0.4, -0.2) is 37.0 Å². The summed E-state index contributed by atoms with van der Waals surface area (Å²) in [5.41, 5.74) is 0.447. The van der Waals surface area contributed by atoms with Crippen molar-refractivity contribution in [3.8, 4) is 0 Å². The predicted molar refractivity (Wildman–Crippen MR) is 81.7 cm³/mol. The van der Waals surface area contributed by atoms with Crippen LogP contribution in [0.15, 0.2) is 4.99 Å². The van der Waals surface area contributed by atoms with Gasteiger partial charge in [-0.05, 0) is 25.2 Å². The molecule has 0 radical (unpaired) electrons. The molecule has 0 aliphatic carbocycles. The molecule has 4 heteroatoms. The van der Waals surface area contributed by atoms with Gasteiger partial charge in [-0.3, -0.25) is 4.99 Å². The van der Waals surface area contributed by atoms with E-state index < -0.39 is 0 Å². The van der Waals surface area contributed by atoms with Crippen molar-refractivity contribution < 1.29 is 0 Å². The Morgan fingerprint density at radius 2 is 2.06 bits per heavy atom. The van der Waals surface area contributed by atoms with Crippen molar-refractivity contribution in [1.82, 2.24) is 10.2 Å². The molecule has 0 aromatic heterocycles. The molecule has 0 atom stereocenters. The Morgan fingerprint density at radius 1 is 1.38 bits per heavy atom. The number of halogens is 1. The molecule has 1 aliphatic rings. The van der Waals surface area contributed by atoms with E-state index in [4.69, 9.17) is 0 Å². The van der Waals surface area contributed by atoms with Crippen LogP contribution >= 0.6 is 24.0 Å². The van der Waals surface area contributed by atoms with Crippen LogP contribution in [0.3, 0.4) is 0 Å². The van der Waals surface area contributed by atoms with E-state index in [1.165, 1.54) is 6.42 Å². The molecule has 96 valence electrons. The Balaban J connectivity index is 0.00000225. The van der Waals surface area contributed by atoms with E-state index in [1.807, 2.05) is 0 Å². The van der Waals surface area contributed by atoms with Crippen LogP contribution in [0.4, 0.5) is 0 Å². The summed E-state index contributed by atoms with van der Waals surface area (Å²) < 4.78 is 0. The number of nitrogens with one attached hydrogen (secondary N) is 1. The first kappa shape index (κ1) is 16.0. The Bertz CT molecular complexity index is 226. The van der Waals surface area contributed by atoms with Gasteiger partial charge in [0.05, 0.1) is 0 Å². The number of guanidine groups is 1. The van der Waals surface area contributed by atoms with Gasteiger partial charge in [0, 0.05) is 26.2 Å². The topological polar surface area (TPSA) is 27.6 Å². The second-order valence-electron chi connectivity index (χ2n) is 5.07. The van der Waals surface area contributed by atoms with E-state index >= 15 is 0 Å². The first-order chi connectivity index (χ1) is 7.09. The highest BCUT2D eigenvalue weighted by molar-refractivity contribution is 14.0. The first-order valence-corrected chi connectivity index (χ1v) is 6.12. The van der Waals surface area contributed by atoms with Gasteiger partial charge in [0.25, 0.3) is 0 Å². The van der Waals surface area contributed by atoms with Gasteiger partial charge >= 0.3 is 0 Å². The van der Waals surface area contributed by atoms with Crippen molar-refractivity contribution in [2.45, 2.75) is 40.5 Å². The third kappa shape index (κ3) is 4.89. The molecule has 1 N–H and O–H groups in total. The third-order valence-corrected chi connectivity index (χ3v) is 2.80. The summed E-state index contributed by atoms with van der Waals surface area (Å²) in [6.45, 7) is 13.1. The summed E-state index contributed by atoms with van der Waals surface area (Å²) in [6.07, 6.45) is 2.38. The molecule has 1 fully saturated rings. The van der Waals surface area contributed by atoms with Crippen LogP contribution in [0.5, 0.6) is 0 Å². The van der Waals surface area contributed by atoms with Gasteiger partial charge in [0.15, 0.2) is 5.96 Å². The maximum absolute atomic E-state index is 4.61. The lowest BCUT2D eigenvalue weighted by atomic mass is 9.93. The largest absolute Gasteiger partial charge is 0.357 e. The minimum atomic E-state index is 0. The monoisotopic (exact) mass is 339 g/mol. The summed E-state index contributed by atoms with van der Waals surface area (Å²) >= 11 is 0. The molecular formula is C12H26IN3. The van der Waals surface area contributed by atoms with E-state index in [0.29, 0.717) is 5.41 Å². The Hall–Kier alpha value is 0. The Kier molecular flexibility index (Phi) is 7.35. The molecule has 1 rings (SSSR count). The number of rotatable bonds is 3. The fourth-order valence-electron chi connectivity index (χ4n) is 1.94. The second kappa shape index (κ2) is 7.35. The van der Waals surface area contributed by atoms with Crippen molar-refractivity contribution in [2.75, 3.05) is 26.2 Å². The van der Waals surface area contributed by atoms with Crippen LogP contribution in [0, 0.1) is 5.41 Å². The second-order valence-corrected chi connectivity index (χ2v) is 5.07. The van der Waals surface area contributed by atoms with Gasteiger partial charge in [0.2, 0.25) is 0 Å². The van der Waals surface area contributed by atoms with E-state index in [9.17, 15) is 0 Å². The van der Waals surface area contributed by atoms with Crippen molar-refractivity contribution >= 4 is 29.9 Å². The zero-order valence-electron chi connectivity index (χ0n) is 11.0. The van der Waals surface area contributed by atoms with Gasteiger partial charge in [0.1, 0.15) is 0 Å². The number of hydrogen-bond acceptors (Lipinski definition) is 1. The molecule has 0 aromatic rings. The fourth-order valence-corrected chi connectivity index (χ4v) is 1.94. The smallest absolute Gasteiger partial charge is 0.193 e. The standard InChI is InChI=1S/C12H25N3.HI/c1-5-8-14-11(13-6-2)15-9-7-12(3,4)10-15;/h5-10H2,1-4H3,(H,13,14);1H. The summed E-state index contributed by atoms with van der Waals surface area (Å²) in [5, 5.41) is 3.37. The number of hydrogen-bond donors (Lipinski definition) is 1. The number of likely N-dealkylation sites (tertiary alicyclic amines) is 1. The Labute approximate surface area is 117 Å². The van der Waals surface area contributed by atoms with Gasteiger partial charge in [-0.1, -0.05) is 20.8 Å². The molecule has 0 unspecified atom stereocenters. The van der Waals surface area contributed by atoms with E-state index in [0.717, 1.165) is 38.6 Å². The molecule has 3 nitrogen and oxygen atoms in total. The average Bonchev–Trinajstić information content (AvgIpc) is 2.53. The highest BCUT2D eigenvalue weighted by Crippen LogP contribution is 2.28. The van der Waals surface area contributed by atoms with Gasteiger partial charge < -0.3 is 10.2 Å². The molecule has 1 saturated heterocycles. The third-order valence-electron chi connectivity index (χ3n) is 2.80. The van der Waals surface area contributed by atoms with Gasteiger partial charge in [-0.15, -0.1) is 24.0 Å². The van der Waals surface area contributed by atoms with E-state index in [1.54, 1.807) is 0 Å². The highest BCUT2D eigenvalue weighted by atomic mass is 127. The highest BCUT2D eigenvalue weighted by Gasteiger charge is 2.30. The van der Waals surface area contributed by atoms with Gasteiger partial charge in [-0.2, -0.15) is 0 Å². The summed E-state index contributed by atoms with van der Waals surface area (Å²) in [6, 6.07) is 0. The van der Waals surface area contributed by atoms with Crippen molar-refractivity contribution in [2.24, 2.45) is 10.4 Å². The van der Waals surface area contributed by atoms with Crippen LogP contribution < -0.4 is 5.32 Å². The minimum Gasteiger partial charge on any atom is -0.357 e. The van der Waals surface area contributed by atoms with E-state index in [-0.39, 0.29) is 24.0 Å². The van der Waals surface area contributed by atoms with Crippen LogP contribution in [0.25, 0.3) is 0 Å².